The maximum atomic E-state index is 12.8. The van der Waals surface area contributed by atoms with Gasteiger partial charge in [-0.05, 0) is 77.0 Å². The number of carbonyl (C=O) groups excluding carboxylic acids is 3. The molecule has 0 fully saturated rings. The zero-order chi connectivity index (χ0) is 47.9. The summed E-state index contributed by atoms with van der Waals surface area (Å²) in [5, 5.41) is 0. The normalized spacial score (nSPS) is 13.1. The van der Waals surface area contributed by atoms with Crippen LogP contribution in [0.3, 0.4) is 0 Å². The molecule has 0 spiro atoms. The van der Waals surface area contributed by atoms with Gasteiger partial charge < -0.3 is 14.2 Å². The van der Waals surface area contributed by atoms with Gasteiger partial charge >= 0.3 is 17.9 Å². The predicted octanol–water partition coefficient (Wildman–Crippen LogP) is 17.7. The van der Waals surface area contributed by atoms with E-state index in [9.17, 15) is 14.4 Å². The third-order valence-electron chi connectivity index (χ3n) is 10.8. The summed E-state index contributed by atoms with van der Waals surface area (Å²) in [6, 6.07) is 0. The molecule has 0 rings (SSSR count). The van der Waals surface area contributed by atoms with Crippen LogP contribution in [-0.4, -0.2) is 37.2 Å². The van der Waals surface area contributed by atoms with Gasteiger partial charge in [-0.3, -0.25) is 14.4 Å². The molecule has 0 aromatic heterocycles. The predicted molar refractivity (Wildman–Crippen MR) is 283 cm³/mol. The van der Waals surface area contributed by atoms with Crippen molar-refractivity contribution >= 4 is 17.9 Å². The summed E-state index contributed by atoms with van der Waals surface area (Å²) in [5.41, 5.74) is 0. The van der Waals surface area contributed by atoms with E-state index < -0.39 is 6.10 Å². The number of rotatable bonds is 46. The molecular weight excluding hydrogens is 817 g/mol. The third kappa shape index (κ3) is 50.8. The van der Waals surface area contributed by atoms with Gasteiger partial charge in [0.05, 0.1) is 0 Å². The summed E-state index contributed by atoms with van der Waals surface area (Å²) in [6.45, 7) is 6.28. The summed E-state index contributed by atoms with van der Waals surface area (Å²) >= 11 is 0. The second-order valence-electron chi connectivity index (χ2n) is 17.1. The average molecular weight is 913 g/mol. The molecule has 0 N–H and O–H groups in total. The molecule has 1 unspecified atom stereocenters. The monoisotopic (exact) mass is 913 g/mol. The Morgan fingerprint density at radius 1 is 0.333 bits per heavy atom. The van der Waals surface area contributed by atoms with Gasteiger partial charge in [0.15, 0.2) is 6.10 Å². The number of hydrogen-bond donors (Lipinski definition) is 0. The fourth-order valence-corrected chi connectivity index (χ4v) is 6.89. The smallest absolute Gasteiger partial charge is 0.306 e. The maximum absolute atomic E-state index is 12.8. The van der Waals surface area contributed by atoms with Crippen molar-refractivity contribution in [3.63, 3.8) is 0 Å². The lowest BCUT2D eigenvalue weighted by molar-refractivity contribution is -0.166. The minimum Gasteiger partial charge on any atom is -0.462 e. The number of carbonyl (C=O) groups is 3. The zero-order valence-corrected chi connectivity index (χ0v) is 42.4. The van der Waals surface area contributed by atoms with E-state index in [2.05, 4.69) is 93.7 Å². The number of hydrogen-bond acceptors (Lipinski definition) is 6. The Kier molecular flexibility index (Phi) is 50.0. The standard InChI is InChI=1S/C60H96O6/c1-4-7-10-13-16-19-22-25-27-29-30-31-33-35-38-41-44-47-50-53-59(62)65-56-57(55-64-58(61)52-49-46-43-40-37-34-24-21-18-15-12-9-6-3)66-60(63)54-51-48-45-42-39-36-32-28-26-23-20-17-14-11-8-5-2/h7,9-10,12,15-16,18-19,21,24-25,27,30-31,34-35,37-38,44,47,57H,4-6,8,11,13-14,17,20,22-23,26,28-29,32-33,36,39-43,45-46,48-56H2,1-3H3/b10-7-,12-9-,18-15-,19-16-,24-21-,27-25-,31-30-,37-34-,38-35-,47-44-. The molecule has 0 aliphatic carbocycles. The van der Waals surface area contributed by atoms with Crippen molar-refractivity contribution in [3.8, 4) is 0 Å². The lowest BCUT2D eigenvalue weighted by Gasteiger charge is -2.18. The highest BCUT2D eigenvalue weighted by Gasteiger charge is 2.19. The molecule has 0 aromatic rings. The summed E-state index contributed by atoms with van der Waals surface area (Å²) in [5.74, 6) is -1.05. The second-order valence-corrected chi connectivity index (χ2v) is 17.1. The highest BCUT2D eigenvalue weighted by molar-refractivity contribution is 5.71. The first kappa shape index (κ1) is 61.8. The van der Waals surface area contributed by atoms with Crippen molar-refractivity contribution in [1.82, 2.24) is 0 Å². The third-order valence-corrected chi connectivity index (χ3v) is 10.8. The maximum Gasteiger partial charge on any atom is 0.306 e. The van der Waals surface area contributed by atoms with Crippen molar-refractivity contribution in [2.75, 3.05) is 13.2 Å². The molecule has 0 radical (unpaired) electrons. The minimum absolute atomic E-state index is 0.123. The highest BCUT2D eigenvalue weighted by Crippen LogP contribution is 2.15. The number of esters is 3. The molecule has 6 heteroatoms. The van der Waals surface area contributed by atoms with E-state index in [0.29, 0.717) is 19.3 Å². The van der Waals surface area contributed by atoms with Crippen molar-refractivity contribution in [1.29, 1.82) is 0 Å². The summed E-state index contributed by atoms with van der Waals surface area (Å²) in [7, 11) is 0. The van der Waals surface area contributed by atoms with Crippen LogP contribution in [0.25, 0.3) is 0 Å². The number of unbranched alkanes of at least 4 members (excludes halogenated alkanes) is 18. The topological polar surface area (TPSA) is 78.9 Å². The molecule has 0 amide bonds. The van der Waals surface area contributed by atoms with Crippen LogP contribution in [0.1, 0.15) is 220 Å². The summed E-state index contributed by atoms with van der Waals surface area (Å²) in [4.78, 5) is 38.0. The van der Waals surface area contributed by atoms with Crippen LogP contribution in [0.4, 0.5) is 0 Å². The van der Waals surface area contributed by atoms with E-state index in [1.807, 2.05) is 48.6 Å². The molecule has 0 heterocycles. The second kappa shape index (κ2) is 53.4. The molecule has 0 aliphatic heterocycles. The molecule has 6 nitrogen and oxygen atoms in total. The van der Waals surface area contributed by atoms with Gasteiger partial charge in [0.1, 0.15) is 13.2 Å². The van der Waals surface area contributed by atoms with Crippen molar-refractivity contribution in [3.05, 3.63) is 122 Å². The lowest BCUT2D eigenvalue weighted by Crippen LogP contribution is -2.30. The van der Waals surface area contributed by atoms with Crippen LogP contribution in [0.5, 0.6) is 0 Å². The number of ether oxygens (including phenoxy) is 3. The van der Waals surface area contributed by atoms with E-state index in [0.717, 1.165) is 89.9 Å². The van der Waals surface area contributed by atoms with E-state index in [4.69, 9.17) is 14.2 Å². The Bertz CT molecular complexity index is 1420. The van der Waals surface area contributed by atoms with Crippen LogP contribution in [0.2, 0.25) is 0 Å². The van der Waals surface area contributed by atoms with Crippen LogP contribution < -0.4 is 0 Å². The molecule has 0 saturated carbocycles. The Morgan fingerprint density at radius 3 is 1.17 bits per heavy atom. The van der Waals surface area contributed by atoms with Crippen LogP contribution in [-0.2, 0) is 28.6 Å². The Morgan fingerprint density at radius 2 is 0.697 bits per heavy atom. The Labute approximate surface area is 405 Å². The van der Waals surface area contributed by atoms with E-state index in [1.165, 1.54) is 83.5 Å². The minimum atomic E-state index is -0.826. The first-order valence-corrected chi connectivity index (χ1v) is 26.6. The molecule has 1 atom stereocenters. The van der Waals surface area contributed by atoms with Crippen molar-refractivity contribution in [2.45, 2.75) is 226 Å². The average Bonchev–Trinajstić information content (AvgIpc) is 3.31. The summed E-state index contributed by atoms with van der Waals surface area (Å²) in [6.07, 6.45) is 73.4. The van der Waals surface area contributed by atoms with E-state index >= 15 is 0 Å². The Balaban J connectivity index is 4.55. The fourth-order valence-electron chi connectivity index (χ4n) is 6.89. The Hall–Kier alpha value is -4.19. The van der Waals surface area contributed by atoms with Gasteiger partial charge in [-0.15, -0.1) is 0 Å². The molecule has 66 heavy (non-hydrogen) atoms. The van der Waals surface area contributed by atoms with Crippen molar-refractivity contribution < 1.29 is 28.6 Å². The van der Waals surface area contributed by atoms with Gasteiger partial charge in [0.2, 0.25) is 0 Å². The first-order chi connectivity index (χ1) is 32.5. The van der Waals surface area contributed by atoms with E-state index in [-0.39, 0.29) is 37.5 Å². The molecule has 0 aliphatic rings. The molecule has 0 aromatic carbocycles. The largest absolute Gasteiger partial charge is 0.462 e. The quantitative estimate of drug-likeness (QED) is 0.0199. The first-order valence-electron chi connectivity index (χ1n) is 26.6. The zero-order valence-electron chi connectivity index (χ0n) is 42.4. The fraction of sp³-hybridized carbons (Fsp3) is 0.617. The van der Waals surface area contributed by atoms with Crippen molar-refractivity contribution in [2.24, 2.45) is 0 Å². The molecular formula is C60H96O6. The van der Waals surface area contributed by atoms with E-state index in [1.54, 1.807) is 0 Å². The number of allylic oxidation sites excluding steroid dienone is 20. The van der Waals surface area contributed by atoms with Gasteiger partial charge in [0, 0.05) is 19.3 Å². The lowest BCUT2D eigenvalue weighted by atomic mass is 10.0. The van der Waals surface area contributed by atoms with Gasteiger partial charge in [-0.1, -0.05) is 245 Å². The SMILES string of the molecule is CC\C=C/C=C\C=C/C=C\CCCCCC(=O)OCC(COC(=O)CC/C=C\C/C=C\C/C=C\C/C=C\C/C=C\C/C=C\CC)OC(=O)CCCCCCCCCCCCCCCCCC. The summed E-state index contributed by atoms with van der Waals surface area (Å²) < 4.78 is 16.7. The molecule has 0 saturated heterocycles. The van der Waals surface area contributed by atoms with Crippen LogP contribution in [0, 0.1) is 0 Å². The van der Waals surface area contributed by atoms with Crippen LogP contribution in [0.15, 0.2) is 122 Å². The van der Waals surface area contributed by atoms with Gasteiger partial charge in [-0.25, -0.2) is 0 Å². The van der Waals surface area contributed by atoms with Gasteiger partial charge in [-0.2, -0.15) is 0 Å². The molecule has 372 valence electrons. The van der Waals surface area contributed by atoms with Gasteiger partial charge in [0.25, 0.3) is 0 Å². The molecule has 0 bridgehead atoms. The van der Waals surface area contributed by atoms with Crippen LogP contribution >= 0.6 is 0 Å². The highest BCUT2D eigenvalue weighted by atomic mass is 16.6.